The number of nitrogens with two attached hydrogens (primary N) is 2. The van der Waals surface area contributed by atoms with Gasteiger partial charge >= 0.3 is 0 Å². The van der Waals surface area contributed by atoms with E-state index in [-0.39, 0.29) is 0 Å². The van der Waals surface area contributed by atoms with E-state index in [0.717, 1.165) is 12.2 Å². The average Bonchev–Trinajstić information content (AvgIpc) is 2.53. The molecule has 3 heteroatoms. The summed E-state index contributed by atoms with van der Waals surface area (Å²) in [5, 5.41) is 0. The van der Waals surface area contributed by atoms with Gasteiger partial charge in [0, 0.05) is 0 Å². The van der Waals surface area contributed by atoms with Crippen molar-refractivity contribution in [1.82, 2.24) is 0 Å². The first kappa shape index (κ1) is 15.5. The molecule has 0 heterocycles. The Kier molecular flexibility index (Phi) is 5.78. The van der Waals surface area contributed by atoms with E-state index in [4.69, 9.17) is 16.2 Å². The van der Waals surface area contributed by atoms with Crippen LogP contribution in [0.2, 0.25) is 0 Å². The van der Waals surface area contributed by atoms with Crippen LogP contribution in [0.15, 0.2) is 48.5 Å². The van der Waals surface area contributed by atoms with Crippen LogP contribution >= 0.6 is 0 Å². The molecule has 0 amide bonds. The minimum absolute atomic E-state index is 0.347. The van der Waals surface area contributed by atoms with Crippen LogP contribution in [-0.2, 0) is 13.0 Å². The highest BCUT2D eigenvalue weighted by atomic mass is 16.5. The molecule has 2 aromatic carbocycles. The van der Waals surface area contributed by atoms with Crippen molar-refractivity contribution in [3.8, 4) is 5.75 Å². The second kappa shape index (κ2) is 7.81. The van der Waals surface area contributed by atoms with E-state index >= 15 is 0 Å². The lowest BCUT2D eigenvalue weighted by atomic mass is 9.96. The molecule has 0 saturated heterocycles. The van der Waals surface area contributed by atoms with Crippen LogP contribution in [0.3, 0.4) is 0 Å². The third-order valence-corrected chi connectivity index (χ3v) is 3.74. The van der Waals surface area contributed by atoms with Gasteiger partial charge in [-0.2, -0.15) is 0 Å². The first-order valence-electron chi connectivity index (χ1n) is 7.39. The fraction of sp³-hybridized carbons (Fsp3) is 0.333. The maximum Gasteiger partial charge on any atom is 0.120 e. The predicted molar refractivity (Wildman–Crippen MR) is 87.3 cm³/mol. The summed E-state index contributed by atoms with van der Waals surface area (Å²) in [6.45, 7) is 3.95. The van der Waals surface area contributed by atoms with Crippen molar-refractivity contribution < 1.29 is 4.74 Å². The molecule has 0 aliphatic heterocycles. The summed E-state index contributed by atoms with van der Waals surface area (Å²) >= 11 is 0. The Bertz CT molecular complexity index is 550. The van der Waals surface area contributed by atoms with Gasteiger partial charge in [0.15, 0.2) is 0 Å². The molecule has 112 valence electrons. The van der Waals surface area contributed by atoms with Crippen molar-refractivity contribution in [3.63, 3.8) is 0 Å². The van der Waals surface area contributed by atoms with Crippen molar-refractivity contribution in [2.75, 3.05) is 13.1 Å². The molecule has 0 spiro atoms. The molecule has 2 rings (SSSR count). The van der Waals surface area contributed by atoms with Crippen molar-refractivity contribution in [1.29, 1.82) is 0 Å². The van der Waals surface area contributed by atoms with Gasteiger partial charge in [-0.15, -0.1) is 0 Å². The highest BCUT2D eigenvalue weighted by molar-refractivity contribution is 5.35. The molecule has 0 fully saturated rings. The predicted octanol–water partition coefficient (Wildman–Crippen LogP) is 2.65. The minimum atomic E-state index is 0.347. The maximum absolute atomic E-state index is 5.84. The van der Waals surface area contributed by atoms with Crippen LogP contribution in [0.1, 0.15) is 16.7 Å². The van der Waals surface area contributed by atoms with E-state index < -0.39 is 0 Å². The summed E-state index contributed by atoms with van der Waals surface area (Å²) in [5.41, 5.74) is 15.1. The average molecular weight is 284 g/mol. The van der Waals surface area contributed by atoms with Crippen molar-refractivity contribution in [2.24, 2.45) is 17.4 Å². The van der Waals surface area contributed by atoms with Gasteiger partial charge in [0.2, 0.25) is 0 Å². The van der Waals surface area contributed by atoms with Gasteiger partial charge in [-0.1, -0.05) is 36.4 Å². The fourth-order valence-corrected chi connectivity index (χ4v) is 2.30. The molecule has 21 heavy (non-hydrogen) atoms. The van der Waals surface area contributed by atoms with Crippen LogP contribution in [0, 0.1) is 12.8 Å². The van der Waals surface area contributed by atoms with Gasteiger partial charge in [-0.25, -0.2) is 0 Å². The number of rotatable bonds is 7. The molecule has 2 aromatic rings. The summed E-state index contributed by atoms with van der Waals surface area (Å²) in [4.78, 5) is 0. The zero-order chi connectivity index (χ0) is 15.1. The Morgan fingerprint density at radius 3 is 2.33 bits per heavy atom. The normalized spacial score (nSPS) is 10.9. The Labute approximate surface area is 126 Å². The third-order valence-electron chi connectivity index (χ3n) is 3.74. The number of hydrogen-bond acceptors (Lipinski definition) is 3. The van der Waals surface area contributed by atoms with Gasteiger partial charge < -0.3 is 16.2 Å². The largest absolute Gasteiger partial charge is 0.489 e. The smallest absolute Gasteiger partial charge is 0.120 e. The topological polar surface area (TPSA) is 61.3 Å². The Morgan fingerprint density at radius 2 is 1.71 bits per heavy atom. The molecule has 0 unspecified atom stereocenters. The lowest BCUT2D eigenvalue weighted by Gasteiger charge is -2.15. The molecule has 0 radical (unpaired) electrons. The summed E-state index contributed by atoms with van der Waals surface area (Å²) in [6.07, 6.45) is 0.928. The van der Waals surface area contributed by atoms with Gasteiger partial charge in [0.1, 0.15) is 12.4 Å². The molecular weight excluding hydrogens is 260 g/mol. The standard InChI is InChI=1S/C18H24N2O/c1-14-9-18(21-13-15-5-3-2-4-6-15)8-7-17(14)10-16(11-19)12-20/h2-9,16H,10-13,19-20H2,1H3. The quantitative estimate of drug-likeness (QED) is 0.821. The summed E-state index contributed by atoms with van der Waals surface area (Å²) in [5.74, 6) is 1.25. The van der Waals surface area contributed by atoms with Crippen molar-refractivity contribution in [2.45, 2.75) is 20.0 Å². The first-order chi connectivity index (χ1) is 10.2. The monoisotopic (exact) mass is 284 g/mol. The summed E-state index contributed by atoms with van der Waals surface area (Å²) in [7, 11) is 0. The first-order valence-corrected chi connectivity index (χ1v) is 7.39. The third kappa shape index (κ3) is 4.59. The second-order valence-corrected chi connectivity index (χ2v) is 5.40. The lowest BCUT2D eigenvalue weighted by Crippen LogP contribution is -2.25. The molecule has 3 nitrogen and oxygen atoms in total. The SMILES string of the molecule is Cc1cc(OCc2ccccc2)ccc1CC(CN)CN. The van der Waals surface area contributed by atoms with E-state index in [1.807, 2.05) is 24.3 Å². The minimum Gasteiger partial charge on any atom is -0.489 e. The molecule has 0 aromatic heterocycles. The molecule has 4 N–H and O–H groups in total. The molecule has 0 saturated carbocycles. The van der Waals surface area contributed by atoms with Crippen LogP contribution in [0.4, 0.5) is 0 Å². The zero-order valence-corrected chi connectivity index (χ0v) is 12.6. The number of benzene rings is 2. The van der Waals surface area contributed by atoms with Crippen LogP contribution in [0.25, 0.3) is 0 Å². The zero-order valence-electron chi connectivity index (χ0n) is 12.6. The molecular formula is C18H24N2O. The highest BCUT2D eigenvalue weighted by Crippen LogP contribution is 2.20. The Balaban J connectivity index is 1.98. The van der Waals surface area contributed by atoms with Gasteiger partial charge in [0.05, 0.1) is 0 Å². The van der Waals surface area contributed by atoms with Gasteiger partial charge in [0.25, 0.3) is 0 Å². The summed E-state index contributed by atoms with van der Waals surface area (Å²) < 4.78 is 5.84. The number of hydrogen-bond donors (Lipinski definition) is 2. The molecule has 0 bridgehead atoms. The van der Waals surface area contributed by atoms with Gasteiger partial charge in [-0.05, 0) is 61.2 Å². The molecule has 0 aliphatic rings. The fourth-order valence-electron chi connectivity index (χ4n) is 2.30. The number of ether oxygens (including phenoxy) is 1. The maximum atomic E-state index is 5.84. The van der Waals surface area contributed by atoms with Gasteiger partial charge in [-0.3, -0.25) is 0 Å². The molecule has 0 atom stereocenters. The van der Waals surface area contributed by atoms with Crippen LogP contribution in [-0.4, -0.2) is 13.1 Å². The van der Waals surface area contributed by atoms with E-state index in [9.17, 15) is 0 Å². The second-order valence-electron chi connectivity index (χ2n) is 5.40. The van der Waals surface area contributed by atoms with Crippen molar-refractivity contribution in [3.05, 3.63) is 65.2 Å². The molecule has 0 aliphatic carbocycles. The van der Waals surface area contributed by atoms with E-state index in [0.29, 0.717) is 25.6 Å². The number of aryl methyl sites for hydroxylation is 1. The Morgan fingerprint density at radius 1 is 1.00 bits per heavy atom. The van der Waals surface area contributed by atoms with E-state index in [1.165, 1.54) is 16.7 Å². The van der Waals surface area contributed by atoms with Crippen LogP contribution < -0.4 is 16.2 Å². The van der Waals surface area contributed by atoms with Crippen LogP contribution in [0.5, 0.6) is 5.75 Å². The Hall–Kier alpha value is -1.84. The lowest BCUT2D eigenvalue weighted by molar-refractivity contribution is 0.306. The summed E-state index contributed by atoms with van der Waals surface area (Å²) in [6, 6.07) is 16.4. The van der Waals surface area contributed by atoms with E-state index in [1.54, 1.807) is 0 Å². The highest BCUT2D eigenvalue weighted by Gasteiger charge is 2.08. The van der Waals surface area contributed by atoms with Crippen molar-refractivity contribution >= 4 is 0 Å². The van der Waals surface area contributed by atoms with E-state index in [2.05, 4.69) is 31.2 Å².